The fraction of sp³-hybridized carbons (Fsp3) is 0.435. The zero-order valence-electron chi connectivity index (χ0n) is 17.7. The predicted molar refractivity (Wildman–Crippen MR) is 119 cm³/mol. The molecule has 1 aliphatic carbocycles. The number of fused-ring (bicyclic) bond motifs is 1. The van der Waals surface area contributed by atoms with E-state index in [1.54, 1.807) is 24.4 Å². The number of rotatable bonds is 4. The molecule has 1 saturated carbocycles. The molecule has 1 aromatic carbocycles. The lowest BCUT2D eigenvalue weighted by Gasteiger charge is -2.28. The van der Waals surface area contributed by atoms with Crippen LogP contribution in [-0.2, 0) is 4.79 Å². The molecule has 0 spiro atoms. The van der Waals surface area contributed by atoms with Gasteiger partial charge in [0.1, 0.15) is 6.04 Å². The quantitative estimate of drug-likeness (QED) is 0.698. The van der Waals surface area contributed by atoms with Gasteiger partial charge >= 0.3 is 12.1 Å². The lowest BCUT2D eigenvalue weighted by atomic mass is 9.82. The second-order valence-corrected chi connectivity index (χ2v) is 8.62. The van der Waals surface area contributed by atoms with Crippen LogP contribution in [0.3, 0.4) is 0 Å². The number of anilines is 1. The molecule has 8 heteroatoms. The van der Waals surface area contributed by atoms with Crippen molar-refractivity contribution in [2.45, 2.75) is 45.1 Å². The summed E-state index contributed by atoms with van der Waals surface area (Å²) < 4.78 is 1.29. The Hall–Kier alpha value is -3.29. The second-order valence-electron chi connectivity index (χ2n) is 8.62. The molecule has 1 fully saturated rings. The average Bonchev–Trinajstić information content (AvgIpc) is 3.38. The molecule has 0 radical (unpaired) electrons. The van der Waals surface area contributed by atoms with E-state index in [9.17, 15) is 14.4 Å². The van der Waals surface area contributed by atoms with E-state index >= 15 is 0 Å². The van der Waals surface area contributed by atoms with E-state index in [0.29, 0.717) is 41.4 Å². The number of urea groups is 1. The van der Waals surface area contributed by atoms with Gasteiger partial charge in [-0.3, -0.25) is 14.3 Å². The maximum absolute atomic E-state index is 13.0. The van der Waals surface area contributed by atoms with Crippen LogP contribution in [-0.4, -0.2) is 40.0 Å². The van der Waals surface area contributed by atoms with Crippen molar-refractivity contribution < 1.29 is 14.4 Å². The summed E-state index contributed by atoms with van der Waals surface area (Å²) in [5, 5.41) is 6.57. The molecule has 8 nitrogen and oxygen atoms in total. The Balaban J connectivity index is 1.42. The molecule has 164 valence electrons. The van der Waals surface area contributed by atoms with E-state index < -0.39 is 18.1 Å². The Morgan fingerprint density at radius 2 is 2.00 bits per heavy atom. The van der Waals surface area contributed by atoms with Crippen LogP contribution >= 0.6 is 0 Å². The first kappa shape index (κ1) is 21.0. The summed E-state index contributed by atoms with van der Waals surface area (Å²) in [5.41, 5.74) is 6.53. The lowest BCUT2D eigenvalue weighted by Crippen LogP contribution is -2.47. The number of nitrogens with one attached hydrogen (secondary N) is 2. The van der Waals surface area contributed by atoms with Crippen molar-refractivity contribution in [1.82, 2.24) is 14.8 Å². The number of nitrogens with two attached hydrogens (primary N) is 1. The van der Waals surface area contributed by atoms with Crippen molar-refractivity contribution in [3.8, 4) is 0 Å². The molecule has 31 heavy (non-hydrogen) atoms. The third-order valence-corrected chi connectivity index (χ3v) is 6.30. The molecule has 1 aromatic heterocycles. The summed E-state index contributed by atoms with van der Waals surface area (Å²) >= 11 is 0. The van der Waals surface area contributed by atoms with E-state index in [2.05, 4.69) is 17.6 Å². The van der Waals surface area contributed by atoms with Gasteiger partial charge in [-0.25, -0.2) is 9.59 Å². The van der Waals surface area contributed by atoms with Crippen LogP contribution in [0.15, 0.2) is 42.7 Å². The average molecular weight is 424 g/mol. The standard InChI is InChI=1S/C23H29N5O3/c1-15-6-4-7-16(12-15)13-25-21(29)20-10-5-11-27(20)23(31)26-18-14-28(22(24)30)19-9-3-2-8-17(18)19/h2-3,5,8-9,11,14-16,20H,4,6-7,10,12-13H2,1H3,(H2,24,30)(H,25,29)(H,26,31)/t15?,16?,20-/m0/s1. The summed E-state index contributed by atoms with van der Waals surface area (Å²) in [5.74, 6) is 1.07. The van der Waals surface area contributed by atoms with Crippen LogP contribution < -0.4 is 16.4 Å². The van der Waals surface area contributed by atoms with Gasteiger partial charge in [0.2, 0.25) is 5.91 Å². The molecule has 4 N–H and O–H groups in total. The van der Waals surface area contributed by atoms with Gasteiger partial charge in [0, 0.05) is 24.3 Å². The van der Waals surface area contributed by atoms with Gasteiger partial charge in [-0.05, 0) is 37.2 Å². The van der Waals surface area contributed by atoms with Gasteiger partial charge in [0.05, 0.1) is 11.2 Å². The number of carbonyl (C=O) groups is 3. The molecule has 0 saturated heterocycles. The van der Waals surface area contributed by atoms with Gasteiger partial charge in [0.15, 0.2) is 0 Å². The maximum Gasteiger partial charge on any atom is 0.326 e. The number of benzene rings is 1. The molecular weight excluding hydrogens is 394 g/mol. The van der Waals surface area contributed by atoms with Crippen molar-refractivity contribution in [1.29, 1.82) is 0 Å². The highest BCUT2D eigenvalue weighted by atomic mass is 16.2. The Labute approximate surface area is 181 Å². The van der Waals surface area contributed by atoms with E-state index in [-0.39, 0.29) is 5.91 Å². The van der Waals surface area contributed by atoms with Gasteiger partial charge in [-0.15, -0.1) is 0 Å². The van der Waals surface area contributed by atoms with Crippen molar-refractivity contribution in [3.63, 3.8) is 0 Å². The highest BCUT2D eigenvalue weighted by molar-refractivity contribution is 6.05. The molecule has 2 unspecified atom stereocenters. The number of aromatic nitrogens is 1. The van der Waals surface area contributed by atoms with Crippen LogP contribution in [0.2, 0.25) is 0 Å². The van der Waals surface area contributed by atoms with E-state index in [0.717, 1.165) is 12.8 Å². The normalized spacial score (nSPS) is 23.1. The molecule has 2 heterocycles. The first-order chi connectivity index (χ1) is 14.9. The lowest BCUT2D eigenvalue weighted by molar-refractivity contribution is -0.124. The van der Waals surface area contributed by atoms with Gasteiger partial charge in [-0.1, -0.05) is 44.0 Å². The first-order valence-electron chi connectivity index (χ1n) is 10.9. The predicted octanol–water partition coefficient (Wildman–Crippen LogP) is 3.63. The van der Waals surface area contributed by atoms with Crippen molar-refractivity contribution in [3.05, 3.63) is 42.7 Å². The van der Waals surface area contributed by atoms with E-state index in [4.69, 9.17) is 5.73 Å². The van der Waals surface area contributed by atoms with Crippen molar-refractivity contribution in [2.75, 3.05) is 11.9 Å². The maximum atomic E-state index is 13.0. The Bertz CT molecular complexity index is 1030. The van der Waals surface area contributed by atoms with Crippen LogP contribution in [0, 0.1) is 11.8 Å². The molecular formula is C23H29N5O3. The molecule has 0 bridgehead atoms. The number of amides is 4. The van der Waals surface area contributed by atoms with E-state index in [1.165, 1.54) is 28.5 Å². The zero-order chi connectivity index (χ0) is 22.0. The minimum Gasteiger partial charge on any atom is -0.354 e. The summed E-state index contributed by atoms with van der Waals surface area (Å²) in [4.78, 5) is 38.9. The summed E-state index contributed by atoms with van der Waals surface area (Å²) in [6.45, 7) is 2.91. The molecule has 4 rings (SSSR count). The number of hydrogen-bond donors (Lipinski definition) is 3. The SMILES string of the molecule is CC1CCCC(CNC(=O)[C@@H]2CC=CN2C(=O)Nc2cn(C(N)=O)c3ccccc23)C1. The van der Waals surface area contributed by atoms with Crippen LogP contribution in [0.5, 0.6) is 0 Å². The summed E-state index contributed by atoms with van der Waals surface area (Å²) in [6.07, 6.45) is 10.2. The number of hydrogen-bond acceptors (Lipinski definition) is 3. The number of nitrogens with zero attached hydrogens (tertiary/aromatic N) is 2. The number of carbonyl (C=O) groups excluding carboxylic acids is 3. The highest BCUT2D eigenvalue weighted by Gasteiger charge is 2.32. The largest absolute Gasteiger partial charge is 0.354 e. The Kier molecular flexibility index (Phi) is 5.97. The molecule has 2 aliphatic rings. The molecule has 3 atom stereocenters. The third kappa shape index (κ3) is 4.42. The Morgan fingerprint density at radius 1 is 1.19 bits per heavy atom. The number of primary amides is 1. The Morgan fingerprint density at radius 3 is 2.77 bits per heavy atom. The minimum absolute atomic E-state index is 0.141. The molecule has 1 aliphatic heterocycles. The van der Waals surface area contributed by atoms with Crippen LogP contribution in [0.1, 0.15) is 39.0 Å². The topological polar surface area (TPSA) is 109 Å². The van der Waals surface area contributed by atoms with Crippen LogP contribution in [0.4, 0.5) is 15.3 Å². The highest BCUT2D eigenvalue weighted by Crippen LogP contribution is 2.29. The number of para-hydroxylation sites is 1. The van der Waals surface area contributed by atoms with E-state index in [1.807, 2.05) is 12.1 Å². The molecule has 4 amide bonds. The summed E-state index contributed by atoms with van der Waals surface area (Å²) in [7, 11) is 0. The monoisotopic (exact) mass is 423 g/mol. The summed E-state index contributed by atoms with van der Waals surface area (Å²) in [6, 6.07) is 5.55. The van der Waals surface area contributed by atoms with Crippen molar-refractivity contribution >= 4 is 34.6 Å². The fourth-order valence-corrected chi connectivity index (χ4v) is 4.71. The first-order valence-corrected chi connectivity index (χ1v) is 10.9. The van der Waals surface area contributed by atoms with Crippen molar-refractivity contribution in [2.24, 2.45) is 17.6 Å². The van der Waals surface area contributed by atoms with Crippen LogP contribution in [0.25, 0.3) is 10.9 Å². The molecule has 2 aromatic rings. The fourth-order valence-electron chi connectivity index (χ4n) is 4.71. The van der Waals surface area contributed by atoms with Gasteiger partial charge < -0.3 is 16.4 Å². The third-order valence-electron chi connectivity index (χ3n) is 6.30. The zero-order valence-corrected chi connectivity index (χ0v) is 17.7. The van der Waals surface area contributed by atoms with Gasteiger partial charge in [0.25, 0.3) is 0 Å². The van der Waals surface area contributed by atoms with Gasteiger partial charge in [-0.2, -0.15) is 0 Å². The minimum atomic E-state index is -0.632. The smallest absolute Gasteiger partial charge is 0.326 e. The second kappa shape index (κ2) is 8.83.